The number of epoxide rings is 1. The number of rotatable bonds is 8. The van der Waals surface area contributed by atoms with Gasteiger partial charge in [0.2, 0.25) is 0 Å². The van der Waals surface area contributed by atoms with Gasteiger partial charge in [-0.05, 0) is 13.8 Å². The van der Waals surface area contributed by atoms with Gasteiger partial charge in [-0.1, -0.05) is 6.92 Å². The minimum atomic E-state index is -0.866. The van der Waals surface area contributed by atoms with E-state index in [9.17, 15) is 0 Å². The highest BCUT2D eigenvalue weighted by Gasteiger charge is 2.34. The van der Waals surface area contributed by atoms with Crippen LogP contribution in [0.3, 0.4) is 0 Å². The molecule has 0 saturated carbocycles. The zero-order chi connectivity index (χ0) is 10.4. The number of ether oxygens (including phenoxy) is 4. The third kappa shape index (κ3) is 3.53. The average Bonchev–Trinajstić information content (AvgIpc) is 2.98. The van der Waals surface area contributed by atoms with Gasteiger partial charge in [-0.15, -0.1) is 0 Å². The lowest BCUT2D eigenvalue weighted by Crippen LogP contribution is -2.39. The highest BCUT2D eigenvalue weighted by Crippen LogP contribution is 2.22. The molecule has 0 spiro atoms. The topological polar surface area (TPSA) is 40.2 Å². The van der Waals surface area contributed by atoms with Crippen LogP contribution in [0.15, 0.2) is 0 Å². The van der Waals surface area contributed by atoms with Crippen LogP contribution in [0.5, 0.6) is 0 Å². The summed E-state index contributed by atoms with van der Waals surface area (Å²) in [5.41, 5.74) is 0. The minimum absolute atomic E-state index is 0.238. The molecular weight excluding hydrogens is 184 g/mol. The molecule has 1 unspecified atom stereocenters. The predicted octanol–water partition coefficient (Wildman–Crippen LogP) is 1.54. The Bertz CT molecular complexity index is 150. The Morgan fingerprint density at radius 2 is 1.71 bits per heavy atom. The maximum atomic E-state index is 5.61. The summed E-state index contributed by atoms with van der Waals surface area (Å²) in [6.07, 6.45) is 0.920. The first kappa shape index (κ1) is 11.9. The van der Waals surface area contributed by atoms with E-state index in [1.807, 2.05) is 20.8 Å². The third-order valence-corrected chi connectivity index (χ3v) is 2.05. The van der Waals surface area contributed by atoms with E-state index in [2.05, 4.69) is 0 Å². The van der Waals surface area contributed by atoms with Crippen molar-refractivity contribution in [3.05, 3.63) is 0 Å². The standard InChI is InChI=1S/C10H20O4/c1-4-10(12-5-2,13-6-3)14-8-9-7-11-9/h9H,4-8H2,1-3H3. The van der Waals surface area contributed by atoms with Crippen molar-refractivity contribution in [2.24, 2.45) is 0 Å². The molecule has 0 aliphatic carbocycles. The molecule has 1 rings (SSSR count). The summed E-state index contributed by atoms with van der Waals surface area (Å²) in [6, 6.07) is 0. The molecule has 0 aromatic rings. The molecule has 0 aromatic heterocycles. The summed E-state index contributed by atoms with van der Waals surface area (Å²) >= 11 is 0. The fraction of sp³-hybridized carbons (Fsp3) is 1.00. The van der Waals surface area contributed by atoms with Crippen LogP contribution in [0, 0.1) is 0 Å². The number of hydrogen-bond acceptors (Lipinski definition) is 4. The van der Waals surface area contributed by atoms with Crippen molar-refractivity contribution in [3.63, 3.8) is 0 Å². The third-order valence-electron chi connectivity index (χ3n) is 2.05. The van der Waals surface area contributed by atoms with Crippen LogP contribution in [-0.2, 0) is 18.9 Å². The Morgan fingerprint density at radius 3 is 2.07 bits per heavy atom. The van der Waals surface area contributed by atoms with E-state index in [0.29, 0.717) is 26.2 Å². The SMILES string of the molecule is CCOC(CC)(OCC)OCC1CO1. The molecule has 1 aliphatic heterocycles. The maximum absolute atomic E-state index is 5.61. The summed E-state index contributed by atoms with van der Waals surface area (Å²) in [5.74, 6) is -0.866. The first-order valence-corrected chi connectivity index (χ1v) is 5.29. The van der Waals surface area contributed by atoms with Crippen molar-refractivity contribution in [2.45, 2.75) is 39.3 Å². The molecule has 1 aliphatic rings. The van der Waals surface area contributed by atoms with Crippen LogP contribution < -0.4 is 0 Å². The van der Waals surface area contributed by atoms with Crippen LogP contribution in [0.25, 0.3) is 0 Å². The van der Waals surface area contributed by atoms with E-state index < -0.39 is 5.97 Å². The Morgan fingerprint density at radius 1 is 1.14 bits per heavy atom. The Kier molecular flexibility index (Phi) is 4.81. The quantitative estimate of drug-likeness (QED) is 0.444. The molecule has 14 heavy (non-hydrogen) atoms. The van der Waals surface area contributed by atoms with E-state index in [1.165, 1.54) is 0 Å². The average molecular weight is 204 g/mol. The summed E-state index contributed by atoms with van der Waals surface area (Å²) in [4.78, 5) is 0. The highest BCUT2D eigenvalue weighted by molar-refractivity contribution is 4.69. The Hall–Kier alpha value is -0.160. The molecule has 0 aromatic carbocycles. The van der Waals surface area contributed by atoms with Crippen molar-refractivity contribution in [3.8, 4) is 0 Å². The van der Waals surface area contributed by atoms with E-state index in [1.54, 1.807) is 0 Å². The van der Waals surface area contributed by atoms with Crippen LogP contribution >= 0.6 is 0 Å². The molecule has 0 radical (unpaired) electrons. The molecular formula is C10H20O4. The lowest BCUT2D eigenvalue weighted by Gasteiger charge is -2.31. The monoisotopic (exact) mass is 204 g/mol. The summed E-state index contributed by atoms with van der Waals surface area (Å²) in [6.45, 7) is 8.35. The molecule has 4 heteroatoms. The van der Waals surface area contributed by atoms with E-state index in [0.717, 1.165) is 6.61 Å². The van der Waals surface area contributed by atoms with Gasteiger partial charge in [0.25, 0.3) is 5.97 Å². The number of hydrogen-bond donors (Lipinski definition) is 0. The normalized spacial score (nSPS) is 21.2. The second-order valence-corrected chi connectivity index (χ2v) is 3.17. The van der Waals surface area contributed by atoms with E-state index in [-0.39, 0.29) is 6.10 Å². The zero-order valence-corrected chi connectivity index (χ0v) is 9.25. The molecule has 0 bridgehead atoms. The van der Waals surface area contributed by atoms with Crippen molar-refractivity contribution < 1.29 is 18.9 Å². The van der Waals surface area contributed by atoms with Gasteiger partial charge in [0, 0.05) is 19.6 Å². The molecule has 1 saturated heterocycles. The van der Waals surface area contributed by atoms with Gasteiger partial charge < -0.3 is 18.9 Å². The van der Waals surface area contributed by atoms with Crippen LogP contribution in [0.2, 0.25) is 0 Å². The van der Waals surface area contributed by atoms with Gasteiger partial charge >= 0.3 is 0 Å². The van der Waals surface area contributed by atoms with Crippen molar-refractivity contribution in [1.82, 2.24) is 0 Å². The van der Waals surface area contributed by atoms with Crippen molar-refractivity contribution in [1.29, 1.82) is 0 Å². The van der Waals surface area contributed by atoms with Crippen molar-refractivity contribution >= 4 is 0 Å². The smallest absolute Gasteiger partial charge is 0.282 e. The maximum Gasteiger partial charge on any atom is 0.282 e. The molecule has 0 N–H and O–H groups in total. The van der Waals surface area contributed by atoms with Crippen LogP contribution in [-0.4, -0.2) is 38.5 Å². The van der Waals surface area contributed by atoms with Crippen LogP contribution in [0.4, 0.5) is 0 Å². The molecule has 4 nitrogen and oxygen atoms in total. The lowest BCUT2D eigenvalue weighted by atomic mass is 10.4. The fourth-order valence-electron chi connectivity index (χ4n) is 1.26. The predicted molar refractivity (Wildman–Crippen MR) is 52.0 cm³/mol. The summed E-state index contributed by atoms with van der Waals surface area (Å²) in [7, 11) is 0. The molecule has 0 amide bonds. The fourth-order valence-corrected chi connectivity index (χ4v) is 1.26. The van der Waals surface area contributed by atoms with Gasteiger partial charge in [-0.3, -0.25) is 0 Å². The Labute approximate surface area is 85.5 Å². The second-order valence-electron chi connectivity index (χ2n) is 3.17. The molecule has 1 fully saturated rings. The van der Waals surface area contributed by atoms with Gasteiger partial charge in [0.05, 0.1) is 13.2 Å². The zero-order valence-electron chi connectivity index (χ0n) is 9.25. The first-order valence-electron chi connectivity index (χ1n) is 5.29. The molecule has 1 atom stereocenters. The van der Waals surface area contributed by atoms with Crippen LogP contribution in [0.1, 0.15) is 27.2 Å². The largest absolute Gasteiger partial charge is 0.371 e. The Balaban J connectivity index is 2.37. The van der Waals surface area contributed by atoms with Gasteiger partial charge in [-0.25, -0.2) is 0 Å². The van der Waals surface area contributed by atoms with Crippen molar-refractivity contribution in [2.75, 3.05) is 26.4 Å². The van der Waals surface area contributed by atoms with E-state index in [4.69, 9.17) is 18.9 Å². The summed E-state index contributed by atoms with van der Waals surface area (Å²) < 4.78 is 21.7. The summed E-state index contributed by atoms with van der Waals surface area (Å²) in [5, 5.41) is 0. The minimum Gasteiger partial charge on any atom is -0.371 e. The second kappa shape index (κ2) is 5.66. The van der Waals surface area contributed by atoms with Gasteiger partial charge in [0.1, 0.15) is 6.10 Å². The molecule has 84 valence electrons. The van der Waals surface area contributed by atoms with Gasteiger partial charge in [0.15, 0.2) is 0 Å². The highest BCUT2D eigenvalue weighted by atomic mass is 16.9. The van der Waals surface area contributed by atoms with Gasteiger partial charge in [-0.2, -0.15) is 0 Å². The van der Waals surface area contributed by atoms with E-state index >= 15 is 0 Å². The first-order chi connectivity index (χ1) is 6.76. The lowest BCUT2D eigenvalue weighted by molar-refractivity contribution is -0.379. The molecule has 1 heterocycles.